The van der Waals surface area contributed by atoms with Gasteiger partial charge < -0.3 is 16.4 Å². The summed E-state index contributed by atoms with van der Waals surface area (Å²) in [4.78, 5) is 31.9. The Balaban J connectivity index is 0.00000338. The van der Waals surface area contributed by atoms with Crippen molar-refractivity contribution in [3.63, 3.8) is 0 Å². The van der Waals surface area contributed by atoms with Crippen molar-refractivity contribution >= 4 is 58.8 Å². The molecule has 0 saturated carbocycles. The third-order valence-corrected chi connectivity index (χ3v) is 3.96. The number of aromatic nitrogens is 2. The highest BCUT2D eigenvalue weighted by Crippen LogP contribution is 2.34. The van der Waals surface area contributed by atoms with Crippen molar-refractivity contribution in [3.05, 3.63) is 46.5 Å². The van der Waals surface area contributed by atoms with E-state index in [0.29, 0.717) is 5.69 Å². The number of carbonyl (C=O) groups is 2. The number of amides is 2. The topological polar surface area (TPSA) is 110 Å². The Kier molecular flexibility index (Phi) is 8.23. The summed E-state index contributed by atoms with van der Waals surface area (Å²) in [6.07, 6.45) is 4.17. The van der Waals surface area contributed by atoms with E-state index in [4.69, 9.17) is 28.9 Å². The summed E-state index contributed by atoms with van der Waals surface area (Å²) in [5, 5.41) is 5.55. The van der Waals surface area contributed by atoms with E-state index >= 15 is 0 Å². The molecule has 2 aromatic rings. The van der Waals surface area contributed by atoms with Crippen LogP contribution in [0.1, 0.15) is 24.3 Å². The van der Waals surface area contributed by atoms with Crippen molar-refractivity contribution in [1.82, 2.24) is 9.97 Å². The van der Waals surface area contributed by atoms with Gasteiger partial charge in [0.15, 0.2) is 0 Å². The van der Waals surface area contributed by atoms with Crippen molar-refractivity contribution < 1.29 is 9.59 Å². The highest BCUT2D eigenvalue weighted by molar-refractivity contribution is 6.40. The van der Waals surface area contributed by atoms with E-state index in [0.717, 1.165) is 0 Å². The lowest BCUT2D eigenvalue weighted by Gasteiger charge is -2.16. The van der Waals surface area contributed by atoms with Gasteiger partial charge in [-0.25, -0.2) is 4.98 Å². The quantitative estimate of drug-likeness (QED) is 0.689. The first-order chi connectivity index (χ1) is 11.8. The summed E-state index contributed by atoms with van der Waals surface area (Å²) >= 11 is 12.3. The second kappa shape index (κ2) is 9.68. The molecule has 7 nitrogen and oxygen atoms in total. The van der Waals surface area contributed by atoms with Crippen LogP contribution < -0.4 is 16.4 Å². The molecule has 2 amide bonds. The molecule has 1 heterocycles. The zero-order valence-corrected chi connectivity index (χ0v) is 16.3. The molecule has 0 aliphatic carbocycles. The van der Waals surface area contributed by atoms with Gasteiger partial charge in [0.25, 0.3) is 5.91 Å². The lowest BCUT2D eigenvalue weighted by atomic mass is 10.0. The summed E-state index contributed by atoms with van der Waals surface area (Å²) in [5.74, 6) is -0.870. The molecule has 10 heteroatoms. The van der Waals surface area contributed by atoms with Crippen molar-refractivity contribution in [3.8, 4) is 0 Å². The van der Waals surface area contributed by atoms with Crippen LogP contribution in [0, 0.1) is 5.92 Å². The van der Waals surface area contributed by atoms with Crippen molar-refractivity contribution in [2.75, 3.05) is 10.6 Å². The molecular formula is C16H18Cl3N5O2. The molecule has 140 valence electrons. The molecule has 0 fully saturated rings. The number of hydrogen-bond acceptors (Lipinski definition) is 5. The molecule has 4 N–H and O–H groups in total. The number of nitrogens with zero attached hydrogens (tertiary/aromatic N) is 2. The maximum absolute atomic E-state index is 12.1. The minimum Gasteiger partial charge on any atom is -0.325 e. The van der Waals surface area contributed by atoms with Gasteiger partial charge in [-0.05, 0) is 18.1 Å². The minimum absolute atomic E-state index is 0. The highest BCUT2D eigenvalue weighted by atomic mass is 35.5. The van der Waals surface area contributed by atoms with E-state index in [1.807, 2.05) is 13.8 Å². The molecule has 0 unspecified atom stereocenters. The fraction of sp³-hybridized carbons (Fsp3) is 0.250. The summed E-state index contributed by atoms with van der Waals surface area (Å²) in [7, 11) is 0. The number of carbonyl (C=O) groups excluding carboxylic acids is 2. The van der Waals surface area contributed by atoms with Gasteiger partial charge in [-0.2, -0.15) is 0 Å². The summed E-state index contributed by atoms with van der Waals surface area (Å²) in [6, 6.07) is 2.29. The maximum atomic E-state index is 12.1. The van der Waals surface area contributed by atoms with Crippen LogP contribution in [0.4, 0.5) is 11.4 Å². The Morgan fingerprint density at radius 1 is 1.12 bits per heavy atom. The van der Waals surface area contributed by atoms with E-state index in [1.165, 1.54) is 30.7 Å². The van der Waals surface area contributed by atoms with Crippen LogP contribution in [0.15, 0.2) is 30.7 Å². The zero-order valence-electron chi connectivity index (χ0n) is 14.0. The third-order valence-electron chi connectivity index (χ3n) is 3.36. The summed E-state index contributed by atoms with van der Waals surface area (Å²) in [6.45, 7) is 3.69. The summed E-state index contributed by atoms with van der Waals surface area (Å²) < 4.78 is 0. The van der Waals surface area contributed by atoms with E-state index in [2.05, 4.69) is 20.6 Å². The van der Waals surface area contributed by atoms with Gasteiger partial charge in [-0.15, -0.1) is 12.4 Å². The SMILES string of the molecule is CC(C)[C@H](N)C(=O)Nc1cc(Cl)c(NC(=O)c2cnccn2)c(Cl)c1.Cl. The number of nitrogens with two attached hydrogens (primary N) is 1. The molecule has 0 saturated heterocycles. The van der Waals surface area contributed by atoms with Crippen molar-refractivity contribution in [2.45, 2.75) is 19.9 Å². The molecule has 1 aromatic carbocycles. The number of nitrogens with one attached hydrogen (secondary N) is 2. The van der Waals surface area contributed by atoms with Crippen LogP contribution >= 0.6 is 35.6 Å². The van der Waals surface area contributed by atoms with Crippen LogP contribution in [-0.4, -0.2) is 27.8 Å². The van der Waals surface area contributed by atoms with E-state index < -0.39 is 11.9 Å². The Hall–Kier alpha value is -1.93. The lowest BCUT2D eigenvalue weighted by molar-refractivity contribution is -0.118. The molecule has 0 bridgehead atoms. The van der Waals surface area contributed by atoms with Gasteiger partial charge in [0.05, 0.1) is 28.0 Å². The number of anilines is 2. The highest BCUT2D eigenvalue weighted by Gasteiger charge is 2.19. The van der Waals surface area contributed by atoms with Crippen LogP contribution in [0.2, 0.25) is 10.0 Å². The first-order valence-corrected chi connectivity index (χ1v) is 8.18. The van der Waals surface area contributed by atoms with Gasteiger partial charge in [-0.1, -0.05) is 37.0 Å². The van der Waals surface area contributed by atoms with Crippen LogP contribution in [0.5, 0.6) is 0 Å². The Bertz CT molecular complexity index is 764. The molecule has 1 aromatic heterocycles. The first kappa shape index (κ1) is 22.1. The second-order valence-electron chi connectivity index (χ2n) is 5.62. The van der Waals surface area contributed by atoms with Crippen LogP contribution in [0.3, 0.4) is 0 Å². The van der Waals surface area contributed by atoms with Crippen molar-refractivity contribution in [2.24, 2.45) is 11.7 Å². The molecular weight excluding hydrogens is 401 g/mol. The second-order valence-corrected chi connectivity index (χ2v) is 6.43. The third kappa shape index (κ3) is 5.54. The fourth-order valence-electron chi connectivity index (χ4n) is 1.89. The first-order valence-electron chi connectivity index (χ1n) is 7.42. The summed E-state index contributed by atoms with van der Waals surface area (Å²) in [5.41, 5.74) is 6.51. The molecule has 0 aliphatic heterocycles. The molecule has 2 rings (SSSR count). The lowest BCUT2D eigenvalue weighted by Crippen LogP contribution is -2.39. The maximum Gasteiger partial charge on any atom is 0.275 e. The fourth-order valence-corrected chi connectivity index (χ4v) is 2.47. The van der Waals surface area contributed by atoms with Gasteiger partial charge in [-0.3, -0.25) is 14.6 Å². The van der Waals surface area contributed by atoms with Gasteiger partial charge in [0.1, 0.15) is 5.69 Å². The zero-order chi connectivity index (χ0) is 18.6. The van der Waals surface area contributed by atoms with Crippen molar-refractivity contribution in [1.29, 1.82) is 0 Å². The van der Waals surface area contributed by atoms with Gasteiger partial charge >= 0.3 is 0 Å². The minimum atomic E-state index is -0.659. The molecule has 0 spiro atoms. The molecule has 26 heavy (non-hydrogen) atoms. The largest absolute Gasteiger partial charge is 0.325 e. The van der Waals surface area contributed by atoms with E-state index in [-0.39, 0.29) is 45.7 Å². The van der Waals surface area contributed by atoms with E-state index in [1.54, 1.807) is 0 Å². The molecule has 1 atom stereocenters. The number of benzene rings is 1. The van der Waals surface area contributed by atoms with Crippen LogP contribution in [-0.2, 0) is 4.79 Å². The Morgan fingerprint density at radius 2 is 1.73 bits per heavy atom. The monoisotopic (exact) mass is 417 g/mol. The normalized spacial score (nSPS) is 11.5. The van der Waals surface area contributed by atoms with Crippen LogP contribution in [0.25, 0.3) is 0 Å². The predicted molar refractivity (Wildman–Crippen MR) is 105 cm³/mol. The average molecular weight is 419 g/mol. The van der Waals surface area contributed by atoms with Gasteiger partial charge in [0.2, 0.25) is 5.91 Å². The smallest absolute Gasteiger partial charge is 0.275 e. The average Bonchev–Trinajstić information content (AvgIpc) is 2.57. The molecule has 0 aliphatic rings. The number of hydrogen-bond donors (Lipinski definition) is 3. The number of halogens is 3. The molecule has 0 radical (unpaired) electrons. The Morgan fingerprint density at radius 3 is 2.23 bits per heavy atom. The Labute approximate surface area is 167 Å². The number of rotatable bonds is 5. The van der Waals surface area contributed by atoms with Gasteiger partial charge in [0, 0.05) is 18.1 Å². The standard InChI is InChI=1S/C16H17Cl2N5O2.ClH/c1-8(2)13(19)16(25)22-9-5-10(17)14(11(18)6-9)23-15(24)12-7-20-3-4-21-12;/h3-8,13H,19H2,1-2H3,(H,22,25)(H,23,24);1H/t13-;/m0./s1. The van der Waals surface area contributed by atoms with E-state index in [9.17, 15) is 9.59 Å². The predicted octanol–water partition coefficient (Wildman–Crippen LogP) is 3.38.